The Morgan fingerprint density at radius 2 is 1.95 bits per heavy atom. The van der Waals surface area contributed by atoms with Gasteiger partial charge < -0.3 is 10.3 Å². The Labute approximate surface area is 127 Å². The van der Waals surface area contributed by atoms with E-state index in [2.05, 4.69) is 4.98 Å². The summed E-state index contributed by atoms with van der Waals surface area (Å²) in [5.41, 5.74) is 5.92. The van der Waals surface area contributed by atoms with Gasteiger partial charge in [-0.05, 0) is 39.5 Å². The number of aromatic nitrogens is 2. The van der Waals surface area contributed by atoms with Crippen LogP contribution in [-0.4, -0.2) is 40.9 Å². The number of nitrogens with zero attached hydrogens (tertiary/aromatic N) is 3. The van der Waals surface area contributed by atoms with E-state index in [9.17, 15) is 8.42 Å². The maximum atomic E-state index is 12.8. The first-order valence-electron chi connectivity index (χ1n) is 7.71. The largest absolute Gasteiger partial charge is 0.334 e. The van der Waals surface area contributed by atoms with Gasteiger partial charge in [0.1, 0.15) is 5.82 Å². The highest BCUT2D eigenvalue weighted by Gasteiger charge is 2.34. The van der Waals surface area contributed by atoms with Crippen molar-refractivity contribution in [3.63, 3.8) is 0 Å². The molecule has 1 saturated carbocycles. The van der Waals surface area contributed by atoms with Crippen LogP contribution in [0.25, 0.3) is 0 Å². The topological polar surface area (TPSA) is 81.2 Å². The second-order valence-electron chi connectivity index (χ2n) is 5.69. The predicted molar refractivity (Wildman–Crippen MR) is 82.4 cm³/mol. The Balaban J connectivity index is 2.26. The van der Waals surface area contributed by atoms with Crippen LogP contribution in [0.2, 0.25) is 0 Å². The van der Waals surface area contributed by atoms with Crippen LogP contribution < -0.4 is 5.73 Å². The molecule has 0 saturated heterocycles. The van der Waals surface area contributed by atoms with E-state index >= 15 is 0 Å². The van der Waals surface area contributed by atoms with Crippen LogP contribution >= 0.6 is 0 Å². The Morgan fingerprint density at radius 1 is 1.33 bits per heavy atom. The molecular formula is C14H26N4O2S. The molecule has 7 heteroatoms. The molecule has 1 aliphatic rings. The highest BCUT2D eigenvalue weighted by atomic mass is 32.2. The molecule has 0 spiro atoms. The third-order valence-corrected chi connectivity index (χ3v) is 6.23. The van der Waals surface area contributed by atoms with Gasteiger partial charge in [-0.25, -0.2) is 13.4 Å². The maximum Gasteiger partial charge on any atom is 0.262 e. The van der Waals surface area contributed by atoms with Crippen molar-refractivity contribution in [1.82, 2.24) is 13.9 Å². The van der Waals surface area contributed by atoms with E-state index in [0.29, 0.717) is 6.54 Å². The summed E-state index contributed by atoms with van der Waals surface area (Å²) in [7, 11) is -3.52. The lowest BCUT2D eigenvalue weighted by Crippen LogP contribution is -2.44. The molecule has 0 atom stereocenters. The second-order valence-corrected chi connectivity index (χ2v) is 7.53. The molecule has 21 heavy (non-hydrogen) atoms. The Kier molecular flexibility index (Phi) is 5.06. The Bertz CT molecular complexity index is 574. The Morgan fingerprint density at radius 3 is 2.43 bits per heavy atom. The molecule has 0 amide bonds. The fourth-order valence-corrected chi connectivity index (χ4v) is 4.75. The summed E-state index contributed by atoms with van der Waals surface area (Å²) in [4.78, 5) is 4.24. The van der Waals surface area contributed by atoms with Gasteiger partial charge in [0.25, 0.3) is 10.0 Å². The number of sulfonamides is 1. The van der Waals surface area contributed by atoms with E-state index < -0.39 is 10.0 Å². The summed E-state index contributed by atoms with van der Waals surface area (Å²) in [5.74, 6) is 0.734. The van der Waals surface area contributed by atoms with Crippen molar-refractivity contribution < 1.29 is 8.42 Å². The minimum Gasteiger partial charge on any atom is -0.334 e. The van der Waals surface area contributed by atoms with E-state index in [-0.39, 0.29) is 17.1 Å². The molecule has 120 valence electrons. The lowest BCUT2D eigenvalue weighted by molar-refractivity contribution is 0.246. The Hall–Kier alpha value is -0.920. The van der Waals surface area contributed by atoms with Crippen LogP contribution in [0, 0.1) is 6.92 Å². The van der Waals surface area contributed by atoms with Gasteiger partial charge in [0.15, 0.2) is 5.03 Å². The van der Waals surface area contributed by atoms with Crippen molar-refractivity contribution in [1.29, 1.82) is 0 Å². The SMILES string of the molecule is CCN(C1CCC(N)CC1)S(=O)(=O)c1cn(CC)c(C)n1. The first-order valence-corrected chi connectivity index (χ1v) is 9.15. The number of hydrogen-bond donors (Lipinski definition) is 1. The fraction of sp³-hybridized carbons (Fsp3) is 0.786. The van der Waals surface area contributed by atoms with Gasteiger partial charge in [0.2, 0.25) is 0 Å². The first-order chi connectivity index (χ1) is 9.90. The zero-order valence-electron chi connectivity index (χ0n) is 13.1. The smallest absolute Gasteiger partial charge is 0.262 e. The van der Waals surface area contributed by atoms with Gasteiger partial charge in [-0.1, -0.05) is 6.92 Å². The molecule has 1 heterocycles. The molecule has 0 aromatic carbocycles. The summed E-state index contributed by atoms with van der Waals surface area (Å²) in [6.07, 6.45) is 5.09. The number of imidazole rings is 1. The highest BCUT2D eigenvalue weighted by Crippen LogP contribution is 2.27. The van der Waals surface area contributed by atoms with E-state index in [1.807, 2.05) is 25.3 Å². The molecule has 0 radical (unpaired) electrons. The third-order valence-electron chi connectivity index (χ3n) is 4.33. The monoisotopic (exact) mass is 314 g/mol. The van der Waals surface area contributed by atoms with Crippen molar-refractivity contribution in [2.24, 2.45) is 5.73 Å². The number of nitrogens with two attached hydrogens (primary N) is 1. The van der Waals surface area contributed by atoms with E-state index in [1.165, 1.54) is 0 Å². The lowest BCUT2D eigenvalue weighted by Gasteiger charge is -2.34. The predicted octanol–water partition coefficient (Wildman–Crippen LogP) is 1.49. The minimum absolute atomic E-state index is 0.0480. The molecule has 0 aliphatic heterocycles. The van der Waals surface area contributed by atoms with E-state index in [0.717, 1.165) is 38.1 Å². The summed E-state index contributed by atoms with van der Waals surface area (Å²) in [5, 5.41) is 0.165. The average molecular weight is 314 g/mol. The zero-order valence-corrected chi connectivity index (χ0v) is 13.9. The van der Waals surface area contributed by atoms with Gasteiger partial charge in [0, 0.05) is 31.4 Å². The van der Waals surface area contributed by atoms with Crippen LogP contribution in [0.5, 0.6) is 0 Å². The van der Waals surface area contributed by atoms with Gasteiger partial charge in [-0.2, -0.15) is 4.31 Å². The van der Waals surface area contributed by atoms with E-state index in [4.69, 9.17) is 5.73 Å². The van der Waals surface area contributed by atoms with Crippen molar-refractivity contribution in [2.75, 3.05) is 6.54 Å². The molecule has 2 rings (SSSR count). The molecule has 1 aliphatic carbocycles. The van der Waals surface area contributed by atoms with E-state index in [1.54, 1.807) is 10.5 Å². The molecule has 6 nitrogen and oxygen atoms in total. The summed E-state index contributed by atoms with van der Waals surface area (Å²) < 4.78 is 29.1. The molecule has 0 unspecified atom stereocenters. The van der Waals surface area contributed by atoms with Crippen LogP contribution in [-0.2, 0) is 16.6 Å². The van der Waals surface area contributed by atoms with Crippen LogP contribution in [0.15, 0.2) is 11.2 Å². The third kappa shape index (κ3) is 3.30. The van der Waals surface area contributed by atoms with Gasteiger partial charge in [-0.15, -0.1) is 0 Å². The van der Waals surface area contributed by atoms with Crippen molar-refractivity contribution >= 4 is 10.0 Å². The van der Waals surface area contributed by atoms with Gasteiger partial charge in [-0.3, -0.25) is 0 Å². The number of aryl methyl sites for hydroxylation is 2. The molecule has 0 bridgehead atoms. The van der Waals surface area contributed by atoms with Crippen LogP contribution in [0.3, 0.4) is 0 Å². The van der Waals surface area contributed by atoms with Crippen molar-refractivity contribution in [3.8, 4) is 0 Å². The van der Waals surface area contributed by atoms with Gasteiger partial charge in [0.05, 0.1) is 0 Å². The second kappa shape index (κ2) is 6.46. The van der Waals surface area contributed by atoms with Crippen molar-refractivity contribution in [3.05, 3.63) is 12.0 Å². The lowest BCUT2D eigenvalue weighted by atomic mass is 9.92. The van der Waals surface area contributed by atoms with Gasteiger partial charge >= 0.3 is 0 Å². The normalized spacial score (nSPS) is 23.7. The summed E-state index contributed by atoms with van der Waals surface area (Å²) in [6.45, 7) is 6.89. The molecule has 2 N–H and O–H groups in total. The van der Waals surface area contributed by atoms with Crippen LogP contribution in [0.4, 0.5) is 0 Å². The summed E-state index contributed by atoms with van der Waals surface area (Å²) >= 11 is 0. The highest BCUT2D eigenvalue weighted by molar-refractivity contribution is 7.89. The fourth-order valence-electron chi connectivity index (χ4n) is 3.06. The first kappa shape index (κ1) is 16.5. The molecular weight excluding hydrogens is 288 g/mol. The molecule has 1 fully saturated rings. The maximum absolute atomic E-state index is 12.8. The van der Waals surface area contributed by atoms with Crippen molar-refractivity contribution in [2.45, 2.75) is 70.1 Å². The quantitative estimate of drug-likeness (QED) is 0.893. The minimum atomic E-state index is -3.52. The standard InChI is InChI=1S/C14H26N4O2S/c1-4-17-10-14(16-11(17)3)21(19,20)18(5-2)13-8-6-12(15)7-9-13/h10,12-13H,4-9,15H2,1-3H3. The summed E-state index contributed by atoms with van der Waals surface area (Å²) in [6, 6.07) is 0.260. The number of rotatable bonds is 5. The molecule has 1 aromatic rings. The van der Waals surface area contributed by atoms with Crippen LogP contribution in [0.1, 0.15) is 45.4 Å². The zero-order chi connectivity index (χ0) is 15.6. The number of hydrogen-bond acceptors (Lipinski definition) is 4. The average Bonchev–Trinajstić information content (AvgIpc) is 2.83. The molecule has 1 aromatic heterocycles.